The van der Waals surface area contributed by atoms with Crippen molar-refractivity contribution < 1.29 is 9.53 Å². The van der Waals surface area contributed by atoms with Gasteiger partial charge in [0.2, 0.25) is 0 Å². The van der Waals surface area contributed by atoms with Gasteiger partial charge in [-0.2, -0.15) is 0 Å². The molecular formula is C17H33N3O2. The van der Waals surface area contributed by atoms with Crippen molar-refractivity contribution in [1.82, 2.24) is 14.7 Å². The Morgan fingerprint density at radius 1 is 1.18 bits per heavy atom. The van der Waals surface area contributed by atoms with Gasteiger partial charge >= 0.3 is 6.09 Å². The van der Waals surface area contributed by atoms with Crippen molar-refractivity contribution in [2.24, 2.45) is 5.92 Å². The van der Waals surface area contributed by atoms with Crippen LogP contribution in [0.15, 0.2) is 0 Å². The van der Waals surface area contributed by atoms with E-state index in [1.807, 2.05) is 25.7 Å². The summed E-state index contributed by atoms with van der Waals surface area (Å²) in [4.78, 5) is 18.9. The van der Waals surface area contributed by atoms with Gasteiger partial charge < -0.3 is 19.4 Å². The minimum absolute atomic E-state index is 0.156. The zero-order chi connectivity index (χ0) is 16.3. The third-order valence-electron chi connectivity index (χ3n) is 4.80. The molecule has 2 rings (SSSR count). The zero-order valence-electron chi connectivity index (χ0n) is 15.0. The van der Waals surface area contributed by atoms with Gasteiger partial charge in [-0.1, -0.05) is 0 Å². The third-order valence-corrected chi connectivity index (χ3v) is 4.80. The van der Waals surface area contributed by atoms with E-state index in [1.54, 1.807) is 0 Å². The van der Waals surface area contributed by atoms with Crippen molar-refractivity contribution >= 4 is 6.09 Å². The summed E-state index contributed by atoms with van der Waals surface area (Å²) < 4.78 is 5.47. The predicted octanol–water partition coefficient (Wildman–Crippen LogP) is 2.27. The number of amides is 1. The van der Waals surface area contributed by atoms with E-state index in [0.717, 1.165) is 26.1 Å². The number of piperidine rings is 1. The van der Waals surface area contributed by atoms with Gasteiger partial charge in [-0.15, -0.1) is 0 Å². The van der Waals surface area contributed by atoms with Crippen LogP contribution in [0.1, 0.15) is 40.0 Å². The van der Waals surface area contributed by atoms with Gasteiger partial charge in [0.25, 0.3) is 0 Å². The molecule has 1 amide bonds. The molecule has 0 bridgehead atoms. The molecule has 0 spiro atoms. The van der Waals surface area contributed by atoms with Crippen LogP contribution in [0.2, 0.25) is 0 Å². The van der Waals surface area contributed by atoms with Crippen LogP contribution in [0.4, 0.5) is 4.79 Å². The van der Waals surface area contributed by atoms with Crippen LogP contribution in [0, 0.1) is 5.92 Å². The molecule has 22 heavy (non-hydrogen) atoms. The Bertz CT molecular complexity index is 373. The number of rotatable bonds is 3. The molecular weight excluding hydrogens is 278 g/mol. The lowest BCUT2D eigenvalue weighted by molar-refractivity contribution is 0.0283. The number of nitrogens with zero attached hydrogens (tertiary/aromatic N) is 3. The van der Waals surface area contributed by atoms with Gasteiger partial charge in [-0.25, -0.2) is 4.79 Å². The topological polar surface area (TPSA) is 36.0 Å². The molecule has 0 radical (unpaired) electrons. The van der Waals surface area contributed by atoms with E-state index in [4.69, 9.17) is 4.74 Å². The average molecular weight is 311 g/mol. The first-order valence-electron chi connectivity index (χ1n) is 8.61. The highest BCUT2D eigenvalue weighted by Gasteiger charge is 2.31. The van der Waals surface area contributed by atoms with Gasteiger partial charge in [0.1, 0.15) is 5.60 Å². The van der Waals surface area contributed by atoms with Crippen molar-refractivity contribution in [2.75, 3.05) is 46.8 Å². The molecule has 5 nitrogen and oxygen atoms in total. The summed E-state index contributed by atoms with van der Waals surface area (Å²) in [5.41, 5.74) is -0.403. The fraction of sp³-hybridized carbons (Fsp3) is 0.941. The molecule has 0 aromatic heterocycles. The van der Waals surface area contributed by atoms with Crippen molar-refractivity contribution in [3.05, 3.63) is 0 Å². The Labute approximate surface area is 135 Å². The van der Waals surface area contributed by atoms with Gasteiger partial charge in [-0.05, 0) is 73.1 Å². The summed E-state index contributed by atoms with van der Waals surface area (Å²) >= 11 is 0. The molecule has 0 unspecified atom stereocenters. The highest BCUT2D eigenvalue weighted by molar-refractivity contribution is 5.68. The minimum atomic E-state index is -0.403. The summed E-state index contributed by atoms with van der Waals surface area (Å²) in [6.07, 6.45) is 3.46. The second-order valence-corrected chi connectivity index (χ2v) is 8.06. The molecule has 0 aromatic carbocycles. The average Bonchev–Trinajstić information content (AvgIpc) is 2.86. The van der Waals surface area contributed by atoms with E-state index in [0.29, 0.717) is 12.0 Å². The first-order valence-corrected chi connectivity index (χ1v) is 8.61. The van der Waals surface area contributed by atoms with Crippen molar-refractivity contribution in [2.45, 2.75) is 51.7 Å². The number of ether oxygens (including phenoxy) is 1. The molecule has 0 aromatic rings. The molecule has 5 heteroatoms. The van der Waals surface area contributed by atoms with Crippen LogP contribution >= 0.6 is 0 Å². The number of carbonyl (C=O) groups excluding carboxylic acids is 1. The lowest BCUT2D eigenvalue weighted by Crippen LogP contribution is -2.44. The highest BCUT2D eigenvalue weighted by atomic mass is 16.6. The molecule has 2 aliphatic heterocycles. The smallest absolute Gasteiger partial charge is 0.410 e. The largest absolute Gasteiger partial charge is 0.444 e. The maximum atomic E-state index is 12.1. The Morgan fingerprint density at radius 2 is 1.82 bits per heavy atom. The van der Waals surface area contributed by atoms with E-state index in [1.165, 1.54) is 25.9 Å². The molecule has 2 fully saturated rings. The molecule has 0 saturated carbocycles. The standard InChI is InChI=1S/C17H33N3O2/c1-17(2,3)22-16(21)20-11-6-14(13-20)12-19(5)15-7-9-18(4)10-8-15/h14-15H,6-13H2,1-5H3/t14-/m1/s1. The Morgan fingerprint density at radius 3 is 2.41 bits per heavy atom. The van der Waals surface area contributed by atoms with Gasteiger partial charge in [0.05, 0.1) is 0 Å². The van der Waals surface area contributed by atoms with Gasteiger partial charge in [0, 0.05) is 25.7 Å². The Hall–Kier alpha value is -0.810. The summed E-state index contributed by atoms with van der Waals surface area (Å²) in [7, 11) is 4.44. The number of likely N-dealkylation sites (tertiary alicyclic amines) is 2. The van der Waals surface area contributed by atoms with Crippen LogP contribution in [0.25, 0.3) is 0 Å². The Balaban J connectivity index is 1.75. The summed E-state index contributed by atoms with van der Waals surface area (Å²) in [6, 6.07) is 0.701. The SMILES string of the molecule is CN1CCC(N(C)C[C@H]2CCN(C(=O)OC(C)(C)C)C2)CC1. The molecule has 2 aliphatic rings. The second kappa shape index (κ2) is 7.18. The second-order valence-electron chi connectivity index (χ2n) is 8.06. The zero-order valence-corrected chi connectivity index (χ0v) is 15.0. The van der Waals surface area contributed by atoms with E-state index < -0.39 is 5.60 Å². The van der Waals surface area contributed by atoms with E-state index >= 15 is 0 Å². The van der Waals surface area contributed by atoms with E-state index in [2.05, 4.69) is 23.9 Å². The molecule has 0 aliphatic carbocycles. The third kappa shape index (κ3) is 5.13. The van der Waals surface area contributed by atoms with Crippen LogP contribution in [0.3, 0.4) is 0 Å². The van der Waals surface area contributed by atoms with Crippen molar-refractivity contribution in [3.8, 4) is 0 Å². The summed E-state index contributed by atoms with van der Waals surface area (Å²) in [5, 5.41) is 0. The maximum absolute atomic E-state index is 12.1. The van der Waals surface area contributed by atoms with Crippen LogP contribution in [0.5, 0.6) is 0 Å². The predicted molar refractivity (Wildman–Crippen MR) is 89.1 cm³/mol. The lowest BCUT2D eigenvalue weighted by atomic mass is 10.0. The molecule has 2 saturated heterocycles. The monoisotopic (exact) mass is 311 g/mol. The number of carbonyl (C=O) groups is 1. The van der Waals surface area contributed by atoms with Crippen LogP contribution in [-0.2, 0) is 4.74 Å². The quantitative estimate of drug-likeness (QED) is 0.801. The summed E-state index contributed by atoms with van der Waals surface area (Å²) in [6.45, 7) is 10.9. The normalized spacial score (nSPS) is 25.0. The fourth-order valence-corrected chi connectivity index (χ4v) is 3.47. The minimum Gasteiger partial charge on any atom is -0.444 e. The lowest BCUT2D eigenvalue weighted by Gasteiger charge is -2.36. The van der Waals surface area contributed by atoms with Crippen molar-refractivity contribution in [1.29, 1.82) is 0 Å². The van der Waals surface area contributed by atoms with Gasteiger partial charge in [0.15, 0.2) is 0 Å². The number of hydrogen-bond acceptors (Lipinski definition) is 4. The van der Waals surface area contributed by atoms with E-state index in [-0.39, 0.29) is 6.09 Å². The fourth-order valence-electron chi connectivity index (χ4n) is 3.47. The molecule has 1 atom stereocenters. The molecule has 128 valence electrons. The molecule has 2 heterocycles. The van der Waals surface area contributed by atoms with Gasteiger partial charge in [-0.3, -0.25) is 0 Å². The van der Waals surface area contributed by atoms with E-state index in [9.17, 15) is 4.79 Å². The highest BCUT2D eigenvalue weighted by Crippen LogP contribution is 2.22. The van der Waals surface area contributed by atoms with Crippen LogP contribution in [-0.4, -0.2) is 79.3 Å². The van der Waals surface area contributed by atoms with Crippen molar-refractivity contribution in [3.63, 3.8) is 0 Å². The first-order chi connectivity index (χ1) is 10.2. The number of hydrogen-bond donors (Lipinski definition) is 0. The molecule has 0 N–H and O–H groups in total. The Kier molecular flexibility index (Phi) is 5.72. The maximum Gasteiger partial charge on any atom is 0.410 e. The summed E-state index contributed by atoms with van der Waals surface area (Å²) in [5.74, 6) is 0.581. The first kappa shape index (κ1) is 17.5. The van der Waals surface area contributed by atoms with Crippen LogP contribution < -0.4 is 0 Å².